The molecular formula is C22H30N2O7S2Si. The number of carbonyl (C=O) groups excluding carboxylic acids is 2. The third-order valence-corrected chi connectivity index (χ3v) is 9.84. The largest absolute Gasteiger partial charge is 0.497 e. The molecule has 0 N–H and O–H groups in total. The van der Waals surface area contributed by atoms with Gasteiger partial charge in [-0.25, -0.2) is 9.10 Å². The first-order valence-corrected chi connectivity index (χ1v) is 16.6. The lowest BCUT2D eigenvalue weighted by atomic mass is 10.2. The van der Waals surface area contributed by atoms with Crippen molar-refractivity contribution in [3.63, 3.8) is 0 Å². The average molecular weight is 527 g/mol. The van der Waals surface area contributed by atoms with Crippen molar-refractivity contribution < 1.29 is 32.2 Å². The highest BCUT2D eigenvalue weighted by Crippen LogP contribution is 2.30. The normalized spacial score (nSPS) is 16.0. The number of rotatable bonds is 10. The highest BCUT2D eigenvalue weighted by atomic mass is 32.2. The molecule has 0 saturated carbocycles. The molecule has 3 rings (SSSR count). The van der Waals surface area contributed by atoms with Gasteiger partial charge in [-0.2, -0.15) is 12.7 Å². The van der Waals surface area contributed by atoms with Gasteiger partial charge in [0.15, 0.2) is 0 Å². The van der Waals surface area contributed by atoms with Crippen LogP contribution in [0.2, 0.25) is 25.7 Å². The first kappa shape index (κ1) is 26.2. The van der Waals surface area contributed by atoms with E-state index in [-0.39, 0.29) is 19.6 Å². The highest BCUT2D eigenvalue weighted by molar-refractivity contribution is 7.87. The van der Waals surface area contributed by atoms with Gasteiger partial charge >= 0.3 is 16.2 Å². The smallest absolute Gasteiger partial charge is 0.348 e. The fourth-order valence-corrected chi connectivity index (χ4v) is 6.48. The van der Waals surface area contributed by atoms with Gasteiger partial charge in [-0.05, 0) is 30.3 Å². The van der Waals surface area contributed by atoms with E-state index in [0.717, 1.165) is 14.7 Å². The molecular weight excluding hydrogens is 496 g/mol. The molecule has 2 aromatic rings. The van der Waals surface area contributed by atoms with Crippen LogP contribution in [0.3, 0.4) is 0 Å². The monoisotopic (exact) mass is 526 g/mol. The second-order valence-corrected chi connectivity index (χ2v) is 17.7. The maximum Gasteiger partial charge on any atom is 0.348 e. The fourth-order valence-electron chi connectivity index (χ4n) is 3.29. The Bertz CT molecular complexity index is 1160. The number of thiophene rings is 1. The quantitative estimate of drug-likeness (QED) is 0.346. The van der Waals surface area contributed by atoms with Crippen LogP contribution in [0.15, 0.2) is 30.3 Å². The van der Waals surface area contributed by atoms with Crippen LogP contribution in [0.25, 0.3) is 0 Å². The number of methoxy groups -OCH3 is 2. The van der Waals surface area contributed by atoms with E-state index >= 15 is 0 Å². The topological polar surface area (TPSA) is 102 Å². The van der Waals surface area contributed by atoms with Gasteiger partial charge in [-0.15, -0.1) is 11.3 Å². The van der Waals surface area contributed by atoms with E-state index in [1.165, 1.54) is 25.6 Å². The molecule has 1 saturated heterocycles. The zero-order valence-corrected chi connectivity index (χ0v) is 22.6. The molecule has 0 bridgehead atoms. The van der Waals surface area contributed by atoms with Crippen LogP contribution < -0.4 is 9.47 Å². The van der Waals surface area contributed by atoms with Crippen molar-refractivity contribution in [2.45, 2.75) is 38.8 Å². The first-order valence-electron chi connectivity index (χ1n) is 10.7. The maximum atomic E-state index is 13.1. The Kier molecular flexibility index (Phi) is 8.06. The van der Waals surface area contributed by atoms with Gasteiger partial charge in [-0.3, -0.25) is 4.79 Å². The summed E-state index contributed by atoms with van der Waals surface area (Å²) in [6.45, 7) is 6.57. The van der Waals surface area contributed by atoms with Gasteiger partial charge in [0.25, 0.3) is 5.91 Å². The second-order valence-electron chi connectivity index (χ2n) is 9.07. The van der Waals surface area contributed by atoms with Gasteiger partial charge in [0.1, 0.15) is 16.4 Å². The minimum Gasteiger partial charge on any atom is -0.497 e. The van der Waals surface area contributed by atoms with Gasteiger partial charge in [0.2, 0.25) is 0 Å². The number of hydrogen-bond acceptors (Lipinski definition) is 8. The van der Waals surface area contributed by atoms with Crippen molar-refractivity contribution in [1.82, 2.24) is 8.61 Å². The summed E-state index contributed by atoms with van der Waals surface area (Å²) in [5.41, 5.74) is 0.543. The molecule has 0 spiro atoms. The van der Waals surface area contributed by atoms with Crippen molar-refractivity contribution in [3.8, 4) is 11.5 Å². The molecule has 186 valence electrons. The lowest BCUT2D eigenvalue weighted by molar-refractivity contribution is -0.125. The number of ether oxygens (including phenoxy) is 3. The molecule has 1 aromatic heterocycles. The van der Waals surface area contributed by atoms with Crippen LogP contribution in [-0.4, -0.2) is 64.3 Å². The molecule has 0 radical (unpaired) electrons. The summed E-state index contributed by atoms with van der Waals surface area (Å²) in [6.07, 6.45) is 0. The number of nitrogens with zero attached hydrogens (tertiary/aromatic N) is 2. The molecule has 1 amide bonds. The van der Waals surface area contributed by atoms with E-state index in [9.17, 15) is 18.0 Å². The highest BCUT2D eigenvalue weighted by Gasteiger charge is 2.42. The summed E-state index contributed by atoms with van der Waals surface area (Å²) in [6, 6.07) is 9.17. The molecule has 34 heavy (non-hydrogen) atoms. The van der Waals surface area contributed by atoms with E-state index in [1.807, 2.05) is 0 Å². The minimum absolute atomic E-state index is 0.00281. The standard InChI is InChI=1S/C22H30N2O7S2Si/c1-29-17-7-6-16(19(12-17)30-2)13-24-21(25)15-23(33(24,27)28)14-18-8-9-20(32-18)22(26)31-10-11-34(3,4)5/h6-9,12H,10-11,13-15H2,1-5H3. The summed E-state index contributed by atoms with van der Waals surface area (Å²) in [5, 5.41) is 0. The summed E-state index contributed by atoms with van der Waals surface area (Å²) in [4.78, 5) is 26.0. The van der Waals surface area contributed by atoms with Crippen LogP contribution >= 0.6 is 11.3 Å². The molecule has 1 fully saturated rings. The molecule has 1 aromatic carbocycles. The van der Waals surface area contributed by atoms with Crippen LogP contribution in [-0.2, 0) is 32.8 Å². The van der Waals surface area contributed by atoms with Crippen LogP contribution in [0.5, 0.6) is 11.5 Å². The van der Waals surface area contributed by atoms with Crippen molar-refractivity contribution >= 4 is 41.5 Å². The number of esters is 1. The minimum atomic E-state index is -4.03. The number of carbonyl (C=O) groups is 2. The van der Waals surface area contributed by atoms with Gasteiger partial charge in [0, 0.05) is 24.6 Å². The summed E-state index contributed by atoms with van der Waals surface area (Å²) >= 11 is 1.17. The second kappa shape index (κ2) is 10.5. The van der Waals surface area contributed by atoms with E-state index in [1.54, 1.807) is 30.3 Å². The van der Waals surface area contributed by atoms with Crippen molar-refractivity contribution in [2.24, 2.45) is 0 Å². The molecule has 0 unspecified atom stereocenters. The summed E-state index contributed by atoms with van der Waals surface area (Å²) in [7, 11) is -2.36. The molecule has 1 aliphatic rings. The summed E-state index contributed by atoms with van der Waals surface area (Å²) in [5.74, 6) is 0.0465. The van der Waals surface area contributed by atoms with E-state index in [4.69, 9.17) is 14.2 Å². The third kappa shape index (κ3) is 6.17. The summed E-state index contributed by atoms with van der Waals surface area (Å²) < 4.78 is 44.0. The zero-order valence-electron chi connectivity index (χ0n) is 20.0. The molecule has 0 aliphatic carbocycles. The number of amides is 1. The maximum absolute atomic E-state index is 13.1. The van der Waals surface area contributed by atoms with Gasteiger partial charge < -0.3 is 14.2 Å². The Morgan fingerprint density at radius 1 is 1.09 bits per heavy atom. The van der Waals surface area contributed by atoms with Crippen LogP contribution in [0.1, 0.15) is 20.1 Å². The Balaban J connectivity index is 1.68. The van der Waals surface area contributed by atoms with Crippen molar-refractivity contribution in [1.29, 1.82) is 0 Å². The third-order valence-electron chi connectivity index (χ3n) is 5.28. The average Bonchev–Trinajstić information content (AvgIpc) is 3.31. The Labute approximate surface area is 205 Å². The Morgan fingerprint density at radius 2 is 1.82 bits per heavy atom. The molecule has 9 nitrogen and oxygen atoms in total. The van der Waals surface area contributed by atoms with E-state index in [0.29, 0.717) is 33.4 Å². The van der Waals surface area contributed by atoms with E-state index < -0.39 is 30.2 Å². The van der Waals surface area contributed by atoms with Gasteiger partial charge in [0.05, 0.1) is 40.5 Å². The predicted octanol–water partition coefficient (Wildman–Crippen LogP) is 3.35. The van der Waals surface area contributed by atoms with E-state index in [2.05, 4.69) is 19.6 Å². The fraction of sp³-hybridized carbons (Fsp3) is 0.455. The Morgan fingerprint density at radius 3 is 2.47 bits per heavy atom. The molecule has 12 heteroatoms. The van der Waals surface area contributed by atoms with Crippen LogP contribution in [0, 0.1) is 0 Å². The Hall–Kier alpha value is -2.41. The lowest BCUT2D eigenvalue weighted by Gasteiger charge is -2.19. The number of hydrogen-bond donors (Lipinski definition) is 0. The molecule has 0 atom stereocenters. The van der Waals surface area contributed by atoms with Crippen molar-refractivity contribution in [2.75, 3.05) is 27.4 Å². The predicted molar refractivity (Wildman–Crippen MR) is 132 cm³/mol. The first-order chi connectivity index (χ1) is 15.9. The molecule has 1 aliphatic heterocycles. The SMILES string of the molecule is COc1ccc(CN2C(=O)CN(Cc3ccc(C(=O)OCC[Si](C)(C)C)s3)S2(=O)=O)c(OC)c1. The number of benzene rings is 1. The lowest BCUT2D eigenvalue weighted by Crippen LogP contribution is -2.33. The van der Waals surface area contributed by atoms with Gasteiger partial charge in [-0.1, -0.05) is 19.6 Å². The van der Waals surface area contributed by atoms with Crippen LogP contribution in [0.4, 0.5) is 0 Å². The van der Waals surface area contributed by atoms with Crippen molar-refractivity contribution in [3.05, 3.63) is 45.6 Å². The molecule has 2 heterocycles. The zero-order chi connectivity index (χ0) is 25.1.